The van der Waals surface area contributed by atoms with E-state index in [1.807, 2.05) is 13.0 Å². The van der Waals surface area contributed by atoms with Gasteiger partial charge in [-0.25, -0.2) is 4.39 Å². The molecule has 20 heavy (non-hydrogen) atoms. The zero-order valence-corrected chi connectivity index (χ0v) is 13.1. The SMILES string of the molecule is CCOCCN(CC)c1ccc(F)cc1CNC(C)C. The zero-order valence-electron chi connectivity index (χ0n) is 13.1. The van der Waals surface area contributed by atoms with Gasteiger partial charge in [0, 0.05) is 38.0 Å². The van der Waals surface area contributed by atoms with E-state index in [-0.39, 0.29) is 5.82 Å². The van der Waals surface area contributed by atoms with Gasteiger partial charge in [-0.05, 0) is 37.6 Å². The van der Waals surface area contributed by atoms with Gasteiger partial charge in [0.1, 0.15) is 5.82 Å². The first kappa shape index (κ1) is 16.9. The Bertz CT molecular complexity index is 396. The van der Waals surface area contributed by atoms with Crippen LogP contribution in [0.5, 0.6) is 0 Å². The summed E-state index contributed by atoms with van der Waals surface area (Å²) >= 11 is 0. The molecule has 114 valence electrons. The van der Waals surface area contributed by atoms with Crippen LogP contribution >= 0.6 is 0 Å². The highest BCUT2D eigenvalue weighted by molar-refractivity contribution is 5.53. The minimum Gasteiger partial charge on any atom is -0.380 e. The molecular weight excluding hydrogens is 255 g/mol. The summed E-state index contributed by atoms with van der Waals surface area (Å²) in [5, 5.41) is 3.35. The second-order valence-electron chi connectivity index (χ2n) is 5.09. The number of halogens is 1. The van der Waals surface area contributed by atoms with Crippen LogP contribution in [-0.2, 0) is 11.3 Å². The average Bonchev–Trinajstić information content (AvgIpc) is 2.42. The molecule has 0 radical (unpaired) electrons. The monoisotopic (exact) mass is 282 g/mol. The predicted molar refractivity (Wildman–Crippen MR) is 82.8 cm³/mol. The zero-order chi connectivity index (χ0) is 15.0. The summed E-state index contributed by atoms with van der Waals surface area (Å²) in [7, 11) is 0. The van der Waals surface area contributed by atoms with Crippen molar-refractivity contribution in [3.05, 3.63) is 29.6 Å². The van der Waals surface area contributed by atoms with Crippen molar-refractivity contribution in [2.24, 2.45) is 0 Å². The van der Waals surface area contributed by atoms with Crippen LogP contribution in [0.15, 0.2) is 18.2 Å². The fourth-order valence-electron chi connectivity index (χ4n) is 2.09. The van der Waals surface area contributed by atoms with Crippen molar-refractivity contribution in [3.63, 3.8) is 0 Å². The summed E-state index contributed by atoms with van der Waals surface area (Å²) in [5.41, 5.74) is 2.08. The number of hydrogen-bond donors (Lipinski definition) is 1. The summed E-state index contributed by atoms with van der Waals surface area (Å²) in [6, 6.07) is 5.39. The molecule has 0 saturated carbocycles. The van der Waals surface area contributed by atoms with Gasteiger partial charge in [0.05, 0.1) is 6.61 Å². The maximum atomic E-state index is 13.5. The third-order valence-electron chi connectivity index (χ3n) is 3.17. The number of rotatable bonds is 9. The lowest BCUT2D eigenvalue weighted by Gasteiger charge is -2.26. The molecule has 1 aromatic carbocycles. The van der Waals surface area contributed by atoms with Gasteiger partial charge >= 0.3 is 0 Å². The Hall–Kier alpha value is -1.13. The van der Waals surface area contributed by atoms with Crippen molar-refractivity contribution in [1.82, 2.24) is 5.32 Å². The Morgan fingerprint density at radius 2 is 2.05 bits per heavy atom. The van der Waals surface area contributed by atoms with Crippen molar-refractivity contribution >= 4 is 5.69 Å². The molecule has 0 spiro atoms. The second-order valence-corrected chi connectivity index (χ2v) is 5.09. The first-order valence-electron chi connectivity index (χ1n) is 7.43. The smallest absolute Gasteiger partial charge is 0.123 e. The molecule has 0 amide bonds. The molecule has 1 aromatic rings. The lowest BCUT2D eigenvalue weighted by atomic mass is 10.1. The molecule has 0 heterocycles. The third kappa shape index (κ3) is 5.47. The van der Waals surface area contributed by atoms with Crippen LogP contribution in [0.2, 0.25) is 0 Å². The summed E-state index contributed by atoms with van der Waals surface area (Å²) in [4.78, 5) is 2.23. The van der Waals surface area contributed by atoms with E-state index >= 15 is 0 Å². The van der Waals surface area contributed by atoms with E-state index < -0.39 is 0 Å². The first-order chi connectivity index (χ1) is 9.58. The molecule has 0 fully saturated rings. The number of ether oxygens (including phenoxy) is 1. The molecule has 0 aliphatic rings. The first-order valence-corrected chi connectivity index (χ1v) is 7.43. The summed E-state index contributed by atoms with van der Waals surface area (Å²) in [5.74, 6) is -0.185. The molecule has 0 atom stereocenters. The maximum absolute atomic E-state index is 13.5. The Balaban J connectivity index is 2.83. The van der Waals surface area contributed by atoms with Crippen LogP contribution in [0.4, 0.5) is 10.1 Å². The molecule has 0 saturated heterocycles. The lowest BCUT2D eigenvalue weighted by molar-refractivity contribution is 0.154. The molecule has 0 bridgehead atoms. The molecule has 0 aliphatic carbocycles. The van der Waals surface area contributed by atoms with Gasteiger partial charge in [0.2, 0.25) is 0 Å². The Morgan fingerprint density at radius 3 is 2.65 bits per heavy atom. The summed E-state index contributed by atoms with van der Waals surface area (Å²) in [6.07, 6.45) is 0. The molecule has 4 heteroatoms. The molecule has 0 aliphatic heterocycles. The second kappa shape index (κ2) is 8.93. The van der Waals surface area contributed by atoms with Gasteiger partial charge in [-0.1, -0.05) is 13.8 Å². The van der Waals surface area contributed by atoms with E-state index in [4.69, 9.17) is 4.74 Å². The van der Waals surface area contributed by atoms with Crippen molar-refractivity contribution in [3.8, 4) is 0 Å². The number of likely N-dealkylation sites (N-methyl/N-ethyl adjacent to an activating group) is 1. The molecule has 1 rings (SSSR count). The van der Waals surface area contributed by atoms with Crippen molar-refractivity contribution < 1.29 is 9.13 Å². The van der Waals surface area contributed by atoms with Gasteiger partial charge < -0.3 is 15.0 Å². The standard InChI is InChI=1S/C16H27FN2O/c1-5-19(9-10-20-6-2)16-8-7-15(17)11-14(16)12-18-13(3)4/h7-8,11,13,18H,5-6,9-10,12H2,1-4H3. The number of benzene rings is 1. The van der Waals surface area contributed by atoms with Crippen molar-refractivity contribution in [1.29, 1.82) is 0 Å². The van der Waals surface area contributed by atoms with Crippen molar-refractivity contribution in [2.45, 2.75) is 40.3 Å². The number of nitrogens with zero attached hydrogens (tertiary/aromatic N) is 1. The normalized spacial score (nSPS) is 11.1. The van der Waals surface area contributed by atoms with Gasteiger partial charge in [0.15, 0.2) is 0 Å². The summed E-state index contributed by atoms with van der Waals surface area (Å²) < 4.78 is 18.9. The maximum Gasteiger partial charge on any atom is 0.123 e. The lowest BCUT2D eigenvalue weighted by Crippen LogP contribution is -2.30. The van der Waals surface area contributed by atoms with Gasteiger partial charge in [-0.15, -0.1) is 0 Å². The van der Waals surface area contributed by atoms with Crippen LogP contribution < -0.4 is 10.2 Å². The van der Waals surface area contributed by atoms with Crippen LogP contribution in [0, 0.1) is 5.82 Å². The van der Waals surface area contributed by atoms with E-state index in [2.05, 4.69) is 31.0 Å². The average molecular weight is 282 g/mol. The van der Waals surface area contributed by atoms with Gasteiger partial charge in [0.25, 0.3) is 0 Å². The van der Waals surface area contributed by atoms with Crippen LogP contribution in [-0.4, -0.2) is 32.3 Å². The number of anilines is 1. The van der Waals surface area contributed by atoms with E-state index in [9.17, 15) is 4.39 Å². The van der Waals surface area contributed by atoms with Gasteiger partial charge in [-0.3, -0.25) is 0 Å². The van der Waals surface area contributed by atoms with Crippen LogP contribution in [0.25, 0.3) is 0 Å². The van der Waals surface area contributed by atoms with Gasteiger partial charge in [-0.2, -0.15) is 0 Å². The van der Waals surface area contributed by atoms with Crippen LogP contribution in [0.3, 0.4) is 0 Å². The molecule has 0 unspecified atom stereocenters. The summed E-state index contributed by atoms with van der Waals surface area (Å²) in [6.45, 7) is 12.1. The Labute approximate surface area is 122 Å². The van der Waals surface area contributed by atoms with E-state index in [0.29, 0.717) is 19.2 Å². The largest absolute Gasteiger partial charge is 0.380 e. The fourth-order valence-corrected chi connectivity index (χ4v) is 2.09. The molecule has 1 N–H and O–H groups in total. The highest BCUT2D eigenvalue weighted by atomic mass is 19.1. The Morgan fingerprint density at radius 1 is 1.30 bits per heavy atom. The minimum absolute atomic E-state index is 0.185. The molecule has 0 aromatic heterocycles. The van der Waals surface area contributed by atoms with E-state index in [0.717, 1.165) is 30.9 Å². The molecule has 3 nitrogen and oxygen atoms in total. The highest BCUT2D eigenvalue weighted by Crippen LogP contribution is 2.21. The number of nitrogens with one attached hydrogen (secondary N) is 1. The molecular formula is C16H27FN2O. The van der Waals surface area contributed by atoms with Crippen molar-refractivity contribution in [2.75, 3.05) is 31.2 Å². The predicted octanol–water partition coefficient (Wildman–Crippen LogP) is 3.19. The van der Waals surface area contributed by atoms with E-state index in [1.165, 1.54) is 6.07 Å². The van der Waals surface area contributed by atoms with E-state index in [1.54, 1.807) is 6.07 Å². The Kier molecular flexibility index (Phi) is 7.55. The fraction of sp³-hybridized carbons (Fsp3) is 0.625. The topological polar surface area (TPSA) is 24.5 Å². The van der Waals surface area contributed by atoms with Crippen LogP contribution in [0.1, 0.15) is 33.3 Å². The highest BCUT2D eigenvalue weighted by Gasteiger charge is 2.11. The third-order valence-corrected chi connectivity index (χ3v) is 3.17. The quantitative estimate of drug-likeness (QED) is 0.704. The minimum atomic E-state index is -0.185. The number of hydrogen-bond acceptors (Lipinski definition) is 3.